The lowest BCUT2D eigenvalue weighted by atomic mass is 10.0. The molecule has 2 heterocycles. The van der Waals surface area contributed by atoms with Crippen LogP contribution in [0.25, 0.3) is 0 Å². The predicted molar refractivity (Wildman–Crippen MR) is 124 cm³/mol. The van der Waals surface area contributed by atoms with Gasteiger partial charge in [-0.15, -0.1) is 24.8 Å². The van der Waals surface area contributed by atoms with Gasteiger partial charge in [-0.3, -0.25) is 14.4 Å². The molecular weight excluding hydrogens is 425 g/mol. The SMILES string of the molecule is CNC(C(=O)NCC(c1ccc(OC)cc1)N1CCCCC1)c1cnn(C)c1.Cl.Cl. The highest BCUT2D eigenvalue weighted by molar-refractivity contribution is 5.85. The van der Waals surface area contributed by atoms with Gasteiger partial charge in [0, 0.05) is 25.4 Å². The van der Waals surface area contributed by atoms with Crippen molar-refractivity contribution in [3.05, 3.63) is 47.8 Å². The van der Waals surface area contributed by atoms with Gasteiger partial charge in [0.05, 0.1) is 19.3 Å². The van der Waals surface area contributed by atoms with E-state index in [0.717, 1.165) is 24.4 Å². The van der Waals surface area contributed by atoms with Crippen LogP contribution in [0, 0.1) is 0 Å². The fourth-order valence-corrected chi connectivity index (χ4v) is 3.85. The number of aryl methyl sites for hydroxylation is 1. The largest absolute Gasteiger partial charge is 0.497 e. The first-order valence-electron chi connectivity index (χ1n) is 9.94. The molecule has 1 aromatic heterocycles. The van der Waals surface area contributed by atoms with Crippen molar-refractivity contribution in [2.45, 2.75) is 31.3 Å². The van der Waals surface area contributed by atoms with Crippen molar-refractivity contribution in [2.75, 3.05) is 33.8 Å². The number of ether oxygens (including phenoxy) is 1. The van der Waals surface area contributed by atoms with E-state index in [1.54, 1.807) is 25.0 Å². The normalized spacial score (nSPS) is 16.0. The van der Waals surface area contributed by atoms with Crippen molar-refractivity contribution in [3.63, 3.8) is 0 Å². The number of piperidine rings is 1. The molecule has 0 spiro atoms. The summed E-state index contributed by atoms with van der Waals surface area (Å²) in [6, 6.07) is 7.91. The van der Waals surface area contributed by atoms with Crippen LogP contribution in [0.2, 0.25) is 0 Å². The number of likely N-dealkylation sites (tertiary alicyclic amines) is 1. The van der Waals surface area contributed by atoms with Crippen LogP contribution >= 0.6 is 24.8 Å². The Balaban J connectivity index is 0.00000225. The van der Waals surface area contributed by atoms with E-state index < -0.39 is 6.04 Å². The zero-order valence-corrected chi connectivity index (χ0v) is 19.5. The zero-order chi connectivity index (χ0) is 19.9. The van der Waals surface area contributed by atoms with Crippen LogP contribution in [0.5, 0.6) is 5.75 Å². The van der Waals surface area contributed by atoms with Gasteiger partial charge in [0.25, 0.3) is 0 Å². The summed E-state index contributed by atoms with van der Waals surface area (Å²) in [5.41, 5.74) is 2.06. The first-order valence-corrected chi connectivity index (χ1v) is 9.94. The van der Waals surface area contributed by atoms with Crippen LogP contribution in [-0.4, -0.2) is 54.4 Å². The van der Waals surface area contributed by atoms with Crippen LogP contribution in [-0.2, 0) is 11.8 Å². The minimum Gasteiger partial charge on any atom is -0.497 e. The Labute approximate surface area is 191 Å². The fourth-order valence-electron chi connectivity index (χ4n) is 3.85. The van der Waals surface area contributed by atoms with Crippen molar-refractivity contribution < 1.29 is 9.53 Å². The Hall–Kier alpha value is -1.80. The van der Waals surface area contributed by atoms with Crippen molar-refractivity contribution >= 4 is 30.7 Å². The first kappa shape index (κ1) is 26.2. The Kier molecular flexibility index (Phi) is 11.2. The van der Waals surface area contributed by atoms with Crippen molar-refractivity contribution in [1.82, 2.24) is 25.3 Å². The number of methoxy groups -OCH3 is 1. The number of hydrogen-bond donors (Lipinski definition) is 2. The minimum absolute atomic E-state index is 0. The highest BCUT2D eigenvalue weighted by atomic mass is 35.5. The summed E-state index contributed by atoms with van der Waals surface area (Å²) < 4.78 is 7.00. The lowest BCUT2D eigenvalue weighted by molar-refractivity contribution is -0.123. The number of amides is 1. The number of carbonyl (C=O) groups excluding carboxylic acids is 1. The lowest BCUT2D eigenvalue weighted by Gasteiger charge is -2.35. The molecule has 168 valence electrons. The molecule has 30 heavy (non-hydrogen) atoms. The number of hydrogen-bond acceptors (Lipinski definition) is 5. The Morgan fingerprint density at radius 3 is 2.33 bits per heavy atom. The molecular formula is C21H33Cl2N5O2. The van der Waals surface area contributed by atoms with E-state index in [-0.39, 0.29) is 36.8 Å². The van der Waals surface area contributed by atoms with E-state index in [0.29, 0.717) is 6.54 Å². The van der Waals surface area contributed by atoms with E-state index in [1.807, 2.05) is 25.4 Å². The number of halogens is 2. The quantitative estimate of drug-likeness (QED) is 0.637. The van der Waals surface area contributed by atoms with E-state index in [9.17, 15) is 4.79 Å². The van der Waals surface area contributed by atoms with Crippen LogP contribution in [0.15, 0.2) is 36.7 Å². The molecule has 1 amide bonds. The van der Waals surface area contributed by atoms with Gasteiger partial charge in [0.15, 0.2) is 0 Å². The number of nitrogens with zero attached hydrogens (tertiary/aromatic N) is 3. The fraction of sp³-hybridized carbons (Fsp3) is 0.524. The smallest absolute Gasteiger partial charge is 0.241 e. The number of aromatic nitrogens is 2. The molecule has 0 radical (unpaired) electrons. The minimum atomic E-state index is -0.411. The number of carbonyl (C=O) groups is 1. The van der Waals surface area contributed by atoms with Crippen LogP contribution < -0.4 is 15.4 Å². The Morgan fingerprint density at radius 2 is 1.80 bits per heavy atom. The Morgan fingerprint density at radius 1 is 1.13 bits per heavy atom. The highest BCUT2D eigenvalue weighted by Gasteiger charge is 2.25. The van der Waals surface area contributed by atoms with Gasteiger partial charge >= 0.3 is 0 Å². The molecule has 1 fully saturated rings. The Bertz CT molecular complexity index is 763. The van der Waals surface area contributed by atoms with E-state index >= 15 is 0 Å². The summed E-state index contributed by atoms with van der Waals surface area (Å²) in [4.78, 5) is 15.3. The van der Waals surface area contributed by atoms with Gasteiger partial charge in [-0.25, -0.2) is 0 Å². The first-order chi connectivity index (χ1) is 13.6. The molecule has 2 unspecified atom stereocenters. The van der Waals surface area contributed by atoms with Gasteiger partial charge in [-0.05, 0) is 50.7 Å². The molecule has 2 aromatic rings. The number of likely N-dealkylation sites (N-methyl/N-ethyl adjacent to an activating group) is 1. The molecule has 2 N–H and O–H groups in total. The molecule has 0 aliphatic carbocycles. The second kappa shape index (κ2) is 12.8. The molecule has 1 saturated heterocycles. The number of nitrogens with one attached hydrogen (secondary N) is 2. The number of rotatable bonds is 8. The maximum atomic E-state index is 12.9. The van der Waals surface area contributed by atoms with Crippen molar-refractivity contribution in [1.29, 1.82) is 0 Å². The molecule has 1 aliphatic rings. The van der Waals surface area contributed by atoms with Crippen LogP contribution in [0.4, 0.5) is 0 Å². The molecule has 3 rings (SSSR count). The molecule has 9 heteroatoms. The molecule has 0 saturated carbocycles. The molecule has 0 bridgehead atoms. The van der Waals surface area contributed by atoms with Gasteiger partial charge in [-0.2, -0.15) is 5.10 Å². The van der Waals surface area contributed by atoms with Gasteiger partial charge in [0.1, 0.15) is 11.8 Å². The van der Waals surface area contributed by atoms with E-state index in [2.05, 4.69) is 32.8 Å². The third-order valence-electron chi connectivity index (χ3n) is 5.41. The van der Waals surface area contributed by atoms with Gasteiger partial charge in [0.2, 0.25) is 5.91 Å². The van der Waals surface area contributed by atoms with Crippen molar-refractivity contribution in [3.8, 4) is 5.75 Å². The molecule has 2 atom stereocenters. The standard InChI is InChI=1S/C21H31N5O2.2ClH/c1-22-20(17-13-24-25(2)15-17)21(27)23-14-19(26-11-5-4-6-12-26)16-7-9-18(28-3)10-8-16;;/h7-10,13,15,19-20,22H,4-6,11-12,14H2,1-3H3,(H,23,27);2*1H. The van der Waals surface area contributed by atoms with E-state index in [1.165, 1.54) is 24.8 Å². The van der Waals surface area contributed by atoms with E-state index in [4.69, 9.17) is 4.74 Å². The maximum Gasteiger partial charge on any atom is 0.241 e. The second-order valence-electron chi connectivity index (χ2n) is 7.30. The average Bonchev–Trinajstić information content (AvgIpc) is 3.16. The summed E-state index contributed by atoms with van der Waals surface area (Å²) in [6.07, 6.45) is 7.28. The molecule has 1 aromatic carbocycles. The summed E-state index contributed by atoms with van der Waals surface area (Å²) in [5, 5.41) is 10.4. The second-order valence-corrected chi connectivity index (χ2v) is 7.30. The van der Waals surface area contributed by atoms with Gasteiger partial charge in [-0.1, -0.05) is 18.6 Å². The van der Waals surface area contributed by atoms with Crippen molar-refractivity contribution in [2.24, 2.45) is 7.05 Å². The third-order valence-corrected chi connectivity index (χ3v) is 5.41. The highest BCUT2D eigenvalue weighted by Crippen LogP contribution is 2.26. The summed E-state index contributed by atoms with van der Waals surface area (Å²) in [6.45, 7) is 2.69. The lowest BCUT2D eigenvalue weighted by Crippen LogP contribution is -2.43. The number of benzene rings is 1. The zero-order valence-electron chi connectivity index (χ0n) is 17.8. The third kappa shape index (κ3) is 6.60. The summed E-state index contributed by atoms with van der Waals surface area (Å²) in [5.74, 6) is 0.808. The van der Waals surface area contributed by atoms with Gasteiger partial charge < -0.3 is 15.4 Å². The topological polar surface area (TPSA) is 71.4 Å². The molecule has 7 nitrogen and oxygen atoms in total. The van der Waals surface area contributed by atoms with Crippen LogP contribution in [0.3, 0.4) is 0 Å². The average molecular weight is 458 g/mol. The molecule has 1 aliphatic heterocycles. The monoisotopic (exact) mass is 457 g/mol. The maximum absolute atomic E-state index is 12.9. The predicted octanol–water partition coefficient (Wildman–Crippen LogP) is 2.88. The van der Waals surface area contributed by atoms with Crippen LogP contribution in [0.1, 0.15) is 42.5 Å². The summed E-state index contributed by atoms with van der Waals surface area (Å²) >= 11 is 0. The summed E-state index contributed by atoms with van der Waals surface area (Å²) in [7, 11) is 5.32.